The summed E-state index contributed by atoms with van der Waals surface area (Å²) in [7, 11) is 2.97. The number of benzene rings is 2. The zero-order valence-corrected chi connectivity index (χ0v) is 14.1. The van der Waals surface area contributed by atoms with Crippen molar-refractivity contribution in [3.05, 3.63) is 53.8 Å². The van der Waals surface area contributed by atoms with Crippen LogP contribution in [0.15, 0.2) is 47.1 Å². The fourth-order valence-corrected chi connectivity index (χ4v) is 2.55. The number of fused-ring (bicyclic) bond motifs is 1. The molecule has 7 nitrogen and oxygen atoms in total. The van der Waals surface area contributed by atoms with Crippen LogP contribution in [0.4, 0.5) is 0 Å². The van der Waals surface area contributed by atoms with Gasteiger partial charge in [0.1, 0.15) is 35.7 Å². The second kappa shape index (κ2) is 7.18. The molecule has 7 heteroatoms. The van der Waals surface area contributed by atoms with Crippen LogP contribution >= 0.6 is 0 Å². The molecule has 3 rings (SSSR count). The normalized spacial score (nSPS) is 10.5. The number of furan rings is 1. The van der Waals surface area contributed by atoms with Crippen LogP contribution in [0.5, 0.6) is 17.2 Å². The molecular formula is C19H15O7-. The lowest BCUT2D eigenvalue weighted by atomic mass is 10.0. The SMILES string of the molecule is COc1ccc(OC)c(C(=O)c2coc3ccc(OCC(=O)[O-])cc23)c1. The van der Waals surface area contributed by atoms with Gasteiger partial charge in [0.05, 0.1) is 31.3 Å². The molecule has 26 heavy (non-hydrogen) atoms. The first-order valence-electron chi connectivity index (χ1n) is 7.64. The molecule has 0 unspecified atom stereocenters. The third-order valence-electron chi connectivity index (χ3n) is 3.80. The molecule has 0 radical (unpaired) electrons. The maximum Gasteiger partial charge on any atom is 0.200 e. The second-order valence-corrected chi connectivity index (χ2v) is 5.36. The lowest BCUT2D eigenvalue weighted by molar-refractivity contribution is -0.307. The summed E-state index contributed by atoms with van der Waals surface area (Å²) >= 11 is 0. The Kier molecular flexibility index (Phi) is 4.79. The molecule has 2 aromatic carbocycles. The first-order valence-corrected chi connectivity index (χ1v) is 7.64. The van der Waals surface area contributed by atoms with Gasteiger partial charge in [0.15, 0.2) is 0 Å². The van der Waals surface area contributed by atoms with E-state index in [0.717, 1.165) is 0 Å². The number of methoxy groups -OCH3 is 2. The number of carboxylic acids is 1. The van der Waals surface area contributed by atoms with E-state index >= 15 is 0 Å². The highest BCUT2D eigenvalue weighted by Crippen LogP contribution is 2.31. The lowest BCUT2D eigenvalue weighted by Crippen LogP contribution is -2.28. The third-order valence-corrected chi connectivity index (χ3v) is 3.80. The van der Waals surface area contributed by atoms with Crippen LogP contribution in [0.1, 0.15) is 15.9 Å². The molecule has 0 spiro atoms. The van der Waals surface area contributed by atoms with Gasteiger partial charge >= 0.3 is 0 Å². The van der Waals surface area contributed by atoms with Crippen LogP contribution in [-0.4, -0.2) is 32.6 Å². The minimum atomic E-state index is -1.34. The lowest BCUT2D eigenvalue weighted by Gasteiger charge is -2.09. The molecule has 1 aromatic heterocycles. The van der Waals surface area contributed by atoms with Crippen molar-refractivity contribution in [1.29, 1.82) is 0 Å². The summed E-state index contributed by atoms with van der Waals surface area (Å²) in [4.78, 5) is 23.5. The van der Waals surface area contributed by atoms with Gasteiger partial charge in [-0.3, -0.25) is 4.79 Å². The van der Waals surface area contributed by atoms with E-state index in [2.05, 4.69) is 0 Å². The average molecular weight is 355 g/mol. The van der Waals surface area contributed by atoms with E-state index < -0.39 is 12.6 Å². The predicted molar refractivity (Wildman–Crippen MR) is 89.7 cm³/mol. The largest absolute Gasteiger partial charge is 0.546 e. The predicted octanol–water partition coefficient (Wildman–Crippen LogP) is 1.81. The highest BCUT2D eigenvalue weighted by molar-refractivity contribution is 6.17. The van der Waals surface area contributed by atoms with Crippen molar-refractivity contribution < 1.29 is 33.3 Å². The first-order chi connectivity index (χ1) is 12.5. The number of ether oxygens (including phenoxy) is 3. The summed E-state index contributed by atoms with van der Waals surface area (Å²) in [5.74, 6) is -0.463. The van der Waals surface area contributed by atoms with Gasteiger partial charge in [0, 0.05) is 5.39 Å². The van der Waals surface area contributed by atoms with E-state index in [9.17, 15) is 14.7 Å². The molecule has 134 valence electrons. The van der Waals surface area contributed by atoms with Gasteiger partial charge < -0.3 is 28.5 Å². The van der Waals surface area contributed by atoms with Crippen LogP contribution in [0.3, 0.4) is 0 Å². The maximum atomic E-state index is 13.0. The maximum absolute atomic E-state index is 13.0. The van der Waals surface area contributed by atoms with Crippen LogP contribution in [0, 0.1) is 0 Å². The zero-order chi connectivity index (χ0) is 18.7. The van der Waals surface area contributed by atoms with Crippen LogP contribution < -0.4 is 19.3 Å². The van der Waals surface area contributed by atoms with E-state index in [0.29, 0.717) is 33.6 Å². The van der Waals surface area contributed by atoms with E-state index in [1.54, 1.807) is 36.4 Å². The van der Waals surface area contributed by atoms with E-state index in [1.165, 1.54) is 20.5 Å². The number of ketones is 1. The second-order valence-electron chi connectivity index (χ2n) is 5.36. The van der Waals surface area contributed by atoms with Crippen LogP contribution in [-0.2, 0) is 4.79 Å². The molecule has 0 aliphatic heterocycles. The van der Waals surface area contributed by atoms with Gasteiger partial charge in [0.25, 0.3) is 0 Å². The first kappa shape index (κ1) is 17.3. The number of carbonyl (C=O) groups is 2. The molecule has 0 fully saturated rings. The van der Waals surface area contributed by atoms with Gasteiger partial charge in [-0.05, 0) is 36.4 Å². The topological polar surface area (TPSA) is 98.0 Å². The quantitative estimate of drug-likeness (QED) is 0.596. The van der Waals surface area contributed by atoms with Crippen molar-refractivity contribution in [3.8, 4) is 17.2 Å². The zero-order valence-electron chi connectivity index (χ0n) is 14.1. The fraction of sp³-hybridized carbons (Fsp3) is 0.158. The summed E-state index contributed by atoms with van der Waals surface area (Å²) < 4.78 is 21.0. The fourth-order valence-electron chi connectivity index (χ4n) is 2.55. The Hall–Kier alpha value is -3.48. The van der Waals surface area contributed by atoms with Crippen molar-refractivity contribution in [1.82, 2.24) is 0 Å². The Balaban J connectivity index is 2.03. The molecule has 0 amide bonds. The third kappa shape index (κ3) is 3.32. The average Bonchev–Trinajstić information content (AvgIpc) is 3.08. The summed E-state index contributed by atoms with van der Waals surface area (Å²) in [5, 5.41) is 11.0. The monoisotopic (exact) mass is 355 g/mol. The molecule has 0 saturated heterocycles. The summed E-state index contributed by atoms with van der Waals surface area (Å²) in [6.07, 6.45) is 1.34. The van der Waals surface area contributed by atoms with Gasteiger partial charge in [-0.15, -0.1) is 0 Å². The van der Waals surface area contributed by atoms with Crippen molar-refractivity contribution in [2.24, 2.45) is 0 Å². The smallest absolute Gasteiger partial charge is 0.200 e. The summed E-state index contributed by atoms with van der Waals surface area (Å²) in [5.41, 5.74) is 1.08. The van der Waals surface area contributed by atoms with Crippen molar-refractivity contribution >= 4 is 22.7 Å². The van der Waals surface area contributed by atoms with E-state index in [1.807, 2.05) is 0 Å². The number of hydrogen-bond acceptors (Lipinski definition) is 7. The Morgan fingerprint density at radius 3 is 2.46 bits per heavy atom. The van der Waals surface area contributed by atoms with Crippen molar-refractivity contribution in [3.63, 3.8) is 0 Å². The Morgan fingerprint density at radius 1 is 1.00 bits per heavy atom. The minimum Gasteiger partial charge on any atom is -0.546 e. The van der Waals surface area contributed by atoms with Crippen molar-refractivity contribution in [2.75, 3.05) is 20.8 Å². The van der Waals surface area contributed by atoms with Gasteiger partial charge in [-0.1, -0.05) is 0 Å². The highest BCUT2D eigenvalue weighted by atomic mass is 16.5. The number of carbonyl (C=O) groups excluding carboxylic acids is 2. The molecule has 0 bridgehead atoms. The van der Waals surface area contributed by atoms with E-state index in [4.69, 9.17) is 18.6 Å². The van der Waals surface area contributed by atoms with Crippen LogP contribution in [0.25, 0.3) is 11.0 Å². The van der Waals surface area contributed by atoms with Gasteiger partial charge in [-0.2, -0.15) is 0 Å². The summed E-state index contributed by atoms with van der Waals surface area (Å²) in [6, 6.07) is 9.60. The standard InChI is InChI=1S/C19H16O7/c1-23-11-3-5-16(24-2)14(7-11)19(22)15-9-26-17-6-4-12(8-13(15)17)25-10-18(20)21/h3-9H,10H2,1-2H3,(H,20,21)/p-1. The van der Waals surface area contributed by atoms with E-state index in [-0.39, 0.29) is 11.5 Å². The number of carboxylic acid groups (broad SMARTS) is 1. The van der Waals surface area contributed by atoms with Gasteiger partial charge in [0.2, 0.25) is 5.78 Å². The Morgan fingerprint density at radius 2 is 1.77 bits per heavy atom. The molecule has 0 atom stereocenters. The van der Waals surface area contributed by atoms with Gasteiger partial charge in [-0.25, -0.2) is 0 Å². The molecule has 0 aliphatic rings. The molecule has 0 N–H and O–H groups in total. The number of rotatable bonds is 7. The van der Waals surface area contributed by atoms with Crippen molar-refractivity contribution in [2.45, 2.75) is 0 Å². The number of aliphatic carboxylic acids is 1. The molecule has 0 aliphatic carbocycles. The Bertz CT molecular complexity index is 971. The molecule has 0 saturated carbocycles. The minimum absolute atomic E-state index is 0.287. The summed E-state index contributed by atoms with van der Waals surface area (Å²) in [6.45, 7) is -0.587. The molecular weight excluding hydrogens is 340 g/mol. The number of hydrogen-bond donors (Lipinski definition) is 0. The Labute approximate surface area is 148 Å². The van der Waals surface area contributed by atoms with Crippen LogP contribution in [0.2, 0.25) is 0 Å². The molecule has 1 heterocycles. The molecule has 3 aromatic rings. The highest BCUT2D eigenvalue weighted by Gasteiger charge is 2.20.